The number of piperidine rings is 1. The van der Waals surface area contributed by atoms with Gasteiger partial charge in [-0.1, -0.05) is 12.1 Å². The number of carbonyl (C=O) groups excluding carboxylic acids is 1. The molecule has 7 nitrogen and oxygen atoms in total. The lowest BCUT2D eigenvalue weighted by Gasteiger charge is -2.28. The van der Waals surface area contributed by atoms with Crippen molar-refractivity contribution in [2.45, 2.75) is 19.3 Å². The molecule has 4 rings (SSSR count). The Morgan fingerprint density at radius 2 is 1.77 bits per heavy atom. The van der Waals surface area contributed by atoms with Crippen molar-refractivity contribution in [1.82, 2.24) is 9.97 Å². The Morgan fingerprint density at radius 3 is 2.53 bits per heavy atom. The second kappa shape index (κ2) is 9.05. The van der Waals surface area contributed by atoms with Crippen LogP contribution in [0.3, 0.4) is 0 Å². The summed E-state index contributed by atoms with van der Waals surface area (Å²) < 4.78 is 0. The van der Waals surface area contributed by atoms with Gasteiger partial charge in [-0.25, -0.2) is 9.97 Å². The lowest BCUT2D eigenvalue weighted by molar-refractivity contribution is 0.102. The van der Waals surface area contributed by atoms with Crippen molar-refractivity contribution in [1.29, 1.82) is 5.26 Å². The van der Waals surface area contributed by atoms with Crippen LogP contribution in [0.1, 0.15) is 35.3 Å². The van der Waals surface area contributed by atoms with Gasteiger partial charge in [0, 0.05) is 30.7 Å². The minimum Gasteiger partial charge on any atom is -0.372 e. The van der Waals surface area contributed by atoms with E-state index in [1.54, 1.807) is 24.3 Å². The van der Waals surface area contributed by atoms with E-state index in [-0.39, 0.29) is 17.5 Å². The molecule has 2 heterocycles. The van der Waals surface area contributed by atoms with E-state index in [1.807, 2.05) is 30.3 Å². The quantitative estimate of drug-likeness (QED) is 0.664. The highest BCUT2D eigenvalue weighted by atomic mass is 16.1. The number of aromatic nitrogens is 2. The molecule has 0 unspecified atom stereocenters. The van der Waals surface area contributed by atoms with Gasteiger partial charge in [-0.3, -0.25) is 4.79 Å². The van der Waals surface area contributed by atoms with Gasteiger partial charge in [0.2, 0.25) is 5.95 Å². The number of nitrogens with one attached hydrogen (secondary N) is 2. The standard InChI is InChI=1S/C23H22N6O/c24-16-17-6-2-3-7-20(17)27-23-25-13-12-21(28-23)22(30)26-18-8-10-19(11-9-18)29-14-4-1-5-15-29/h2-3,6-13H,1,4-5,14-15H2,(H,26,30)(H,25,27,28). The lowest BCUT2D eigenvalue weighted by atomic mass is 10.1. The maximum Gasteiger partial charge on any atom is 0.274 e. The fourth-order valence-electron chi connectivity index (χ4n) is 3.46. The molecule has 0 saturated carbocycles. The summed E-state index contributed by atoms with van der Waals surface area (Å²) in [7, 11) is 0. The third kappa shape index (κ3) is 4.55. The zero-order valence-electron chi connectivity index (χ0n) is 16.5. The second-order valence-corrected chi connectivity index (χ2v) is 7.10. The third-order valence-corrected chi connectivity index (χ3v) is 5.03. The number of rotatable bonds is 5. The Labute approximate surface area is 175 Å². The zero-order chi connectivity index (χ0) is 20.8. The van der Waals surface area contributed by atoms with Gasteiger partial charge >= 0.3 is 0 Å². The molecule has 1 fully saturated rings. The minimum atomic E-state index is -0.320. The number of amides is 1. The molecule has 1 amide bonds. The number of benzene rings is 2. The van der Waals surface area contributed by atoms with E-state index < -0.39 is 0 Å². The Hall–Kier alpha value is -3.92. The van der Waals surface area contributed by atoms with Crippen molar-refractivity contribution in [2.75, 3.05) is 28.6 Å². The van der Waals surface area contributed by atoms with Crippen molar-refractivity contribution in [2.24, 2.45) is 0 Å². The average Bonchev–Trinajstić information content (AvgIpc) is 2.81. The highest BCUT2D eigenvalue weighted by Crippen LogP contribution is 2.22. The first kappa shape index (κ1) is 19.4. The van der Waals surface area contributed by atoms with Gasteiger partial charge in [0.1, 0.15) is 11.8 Å². The second-order valence-electron chi connectivity index (χ2n) is 7.10. The number of hydrogen-bond donors (Lipinski definition) is 2. The van der Waals surface area contributed by atoms with Crippen LogP contribution in [-0.4, -0.2) is 29.0 Å². The molecule has 1 saturated heterocycles. The van der Waals surface area contributed by atoms with Gasteiger partial charge in [0.25, 0.3) is 5.91 Å². The normalized spacial score (nSPS) is 13.4. The van der Waals surface area contributed by atoms with Gasteiger partial charge < -0.3 is 15.5 Å². The predicted molar refractivity (Wildman–Crippen MR) is 117 cm³/mol. The molecule has 1 aliphatic rings. The maximum atomic E-state index is 12.6. The molecule has 150 valence electrons. The lowest BCUT2D eigenvalue weighted by Crippen LogP contribution is -2.29. The Kier molecular flexibility index (Phi) is 5.85. The van der Waals surface area contributed by atoms with E-state index in [1.165, 1.54) is 31.1 Å². The summed E-state index contributed by atoms with van der Waals surface area (Å²) in [5.74, 6) is -0.0643. The molecular formula is C23H22N6O. The van der Waals surface area contributed by atoms with Crippen molar-refractivity contribution < 1.29 is 4.79 Å². The smallest absolute Gasteiger partial charge is 0.274 e. The average molecular weight is 398 g/mol. The van der Waals surface area contributed by atoms with Gasteiger partial charge in [-0.05, 0) is 61.7 Å². The number of anilines is 4. The number of hydrogen-bond acceptors (Lipinski definition) is 6. The third-order valence-electron chi connectivity index (χ3n) is 5.03. The molecule has 0 atom stereocenters. The van der Waals surface area contributed by atoms with Crippen LogP contribution in [0.15, 0.2) is 60.8 Å². The molecule has 2 aromatic carbocycles. The predicted octanol–water partition coefficient (Wildman–Crippen LogP) is 4.33. The number of nitriles is 1. The first-order valence-electron chi connectivity index (χ1n) is 9.98. The number of nitrogens with zero attached hydrogens (tertiary/aromatic N) is 4. The minimum absolute atomic E-state index is 0.238. The zero-order valence-corrected chi connectivity index (χ0v) is 16.5. The Morgan fingerprint density at radius 1 is 1.00 bits per heavy atom. The monoisotopic (exact) mass is 398 g/mol. The van der Waals surface area contributed by atoms with Crippen LogP contribution in [0.25, 0.3) is 0 Å². The van der Waals surface area contributed by atoms with Crippen molar-refractivity contribution in [3.05, 3.63) is 72.1 Å². The largest absolute Gasteiger partial charge is 0.372 e. The van der Waals surface area contributed by atoms with Gasteiger partial charge in [0.15, 0.2) is 0 Å². The first-order valence-corrected chi connectivity index (χ1v) is 9.98. The molecule has 30 heavy (non-hydrogen) atoms. The molecule has 2 N–H and O–H groups in total. The fourth-order valence-corrected chi connectivity index (χ4v) is 3.46. The maximum absolute atomic E-state index is 12.6. The van der Waals surface area contributed by atoms with Crippen molar-refractivity contribution in [3.63, 3.8) is 0 Å². The molecule has 0 bridgehead atoms. The van der Waals surface area contributed by atoms with Crippen LogP contribution in [0, 0.1) is 11.3 Å². The van der Waals surface area contributed by atoms with Crippen LogP contribution in [0.2, 0.25) is 0 Å². The van der Waals surface area contributed by atoms with Crippen LogP contribution < -0.4 is 15.5 Å². The highest BCUT2D eigenvalue weighted by molar-refractivity contribution is 6.03. The summed E-state index contributed by atoms with van der Waals surface area (Å²) in [6.07, 6.45) is 5.25. The van der Waals surface area contributed by atoms with Crippen LogP contribution in [-0.2, 0) is 0 Å². The van der Waals surface area contributed by atoms with E-state index in [9.17, 15) is 10.1 Å². The van der Waals surface area contributed by atoms with Crippen molar-refractivity contribution in [3.8, 4) is 6.07 Å². The van der Waals surface area contributed by atoms with E-state index in [0.717, 1.165) is 13.1 Å². The summed E-state index contributed by atoms with van der Waals surface area (Å²) >= 11 is 0. The van der Waals surface area contributed by atoms with E-state index in [2.05, 4.69) is 31.6 Å². The van der Waals surface area contributed by atoms with Crippen LogP contribution in [0.4, 0.5) is 23.0 Å². The molecule has 0 radical (unpaired) electrons. The van der Waals surface area contributed by atoms with Crippen LogP contribution in [0.5, 0.6) is 0 Å². The first-order chi connectivity index (χ1) is 14.7. The van der Waals surface area contributed by atoms with Gasteiger partial charge in [-0.15, -0.1) is 0 Å². The van der Waals surface area contributed by atoms with E-state index in [4.69, 9.17) is 0 Å². The highest BCUT2D eigenvalue weighted by Gasteiger charge is 2.13. The van der Waals surface area contributed by atoms with E-state index >= 15 is 0 Å². The molecule has 3 aromatic rings. The molecule has 1 aliphatic heterocycles. The molecule has 7 heteroatoms. The fraction of sp³-hybridized carbons (Fsp3) is 0.217. The van der Waals surface area contributed by atoms with Gasteiger partial charge in [-0.2, -0.15) is 5.26 Å². The molecule has 1 aromatic heterocycles. The SMILES string of the molecule is N#Cc1ccccc1Nc1nccc(C(=O)Nc2ccc(N3CCCCC3)cc2)n1. The number of carbonyl (C=O) groups is 1. The number of para-hydroxylation sites is 1. The summed E-state index contributed by atoms with van der Waals surface area (Å²) in [5.41, 5.74) is 3.19. The summed E-state index contributed by atoms with van der Waals surface area (Å²) in [6.45, 7) is 2.16. The van der Waals surface area contributed by atoms with Crippen molar-refractivity contribution >= 4 is 28.9 Å². The van der Waals surface area contributed by atoms with Gasteiger partial charge in [0.05, 0.1) is 11.3 Å². The Balaban J connectivity index is 1.43. The Bertz CT molecular complexity index is 1070. The molecular weight excluding hydrogens is 376 g/mol. The molecule has 0 aliphatic carbocycles. The molecule has 0 spiro atoms. The summed E-state index contributed by atoms with van der Waals surface area (Å²) in [5, 5.41) is 15.1. The summed E-state index contributed by atoms with van der Waals surface area (Å²) in [4.78, 5) is 23.4. The summed E-state index contributed by atoms with van der Waals surface area (Å²) in [6, 6.07) is 18.6. The topological polar surface area (TPSA) is 93.9 Å². The van der Waals surface area contributed by atoms with E-state index in [0.29, 0.717) is 16.9 Å². The van der Waals surface area contributed by atoms with Crippen LogP contribution >= 0.6 is 0 Å².